The van der Waals surface area contributed by atoms with Crippen molar-refractivity contribution in [1.29, 1.82) is 0 Å². The van der Waals surface area contributed by atoms with Crippen molar-refractivity contribution in [2.24, 2.45) is 0 Å². The smallest absolute Gasteiger partial charge is 0.258 e. The van der Waals surface area contributed by atoms with Crippen LogP contribution in [0.4, 0.5) is 17.1 Å². The van der Waals surface area contributed by atoms with Gasteiger partial charge in [-0.3, -0.25) is 9.59 Å². The monoisotopic (exact) mass is 373 g/mol. The third-order valence-electron chi connectivity index (χ3n) is 4.33. The number of carbonyl (C=O) groups excluding carboxylic acids is 2. The Kier molecular flexibility index (Phi) is 6.07. The Bertz CT molecular complexity index is 953. The number of benzene rings is 3. The Balaban J connectivity index is 1.55. The van der Waals surface area contributed by atoms with E-state index in [1.165, 1.54) is 0 Å². The maximum absolute atomic E-state index is 12.6. The number of hydrogen-bond donors (Lipinski definition) is 2. The summed E-state index contributed by atoms with van der Waals surface area (Å²) >= 11 is 0. The molecule has 0 radical (unpaired) electrons. The van der Waals surface area contributed by atoms with Crippen LogP contribution in [0.1, 0.15) is 15.9 Å². The Morgan fingerprint density at radius 1 is 0.857 bits per heavy atom. The van der Waals surface area contributed by atoms with E-state index < -0.39 is 0 Å². The largest absolute Gasteiger partial charge is 0.376 e. The van der Waals surface area contributed by atoms with E-state index >= 15 is 0 Å². The van der Waals surface area contributed by atoms with Gasteiger partial charge in [-0.15, -0.1) is 0 Å². The predicted molar refractivity (Wildman–Crippen MR) is 114 cm³/mol. The first-order chi connectivity index (χ1) is 13.5. The van der Waals surface area contributed by atoms with Crippen molar-refractivity contribution in [3.05, 3.63) is 90.0 Å². The summed E-state index contributed by atoms with van der Waals surface area (Å²) in [4.78, 5) is 26.3. The molecule has 0 aliphatic carbocycles. The summed E-state index contributed by atoms with van der Waals surface area (Å²) in [7, 11) is 1.75. The van der Waals surface area contributed by atoms with Gasteiger partial charge in [0.1, 0.15) is 0 Å². The molecule has 2 N–H and O–H groups in total. The minimum absolute atomic E-state index is 0.0880. The lowest BCUT2D eigenvalue weighted by atomic mass is 10.1. The van der Waals surface area contributed by atoms with Crippen LogP contribution in [-0.2, 0) is 4.79 Å². The van der Waals surface area contributed by atoms with Gasteiger partial charge in [0, 0.05) is 29.7 Å². The number of anilines is 3. The van der Waals surface area contributed by atoms with Crippen LogP contribution in [0.5, 0.6) is 0 Å². The van der Waals surface area contributed by atoms with E-state index in [0.717, 1.165) is 22.6 Å². The van der Waals surface area contributed by atoms with E-state index in [2.05, 4.69) is 10.6 Å². The molecule has 3 aromatic rings. The minimum Gasteiger partial charge on any atom is -0.376 e. The van der Waals surface area contributed by atoms with Crippen LogP contribution in [0.2, 0.25) is 0 Å². The fourth-order valence-corrected chi connectivity index (χ4v) is 2.80. The van der Waals surface area contributed by atoms with Gasteiger partial charge in [0.25, 0.3) is 5.91 Å². The Morgan fingerprint density at radius 2 is 1.57 bits per heavy atom. The molecule has 0 unspecified atom stereocenters. The molecule has 0 atom stereocenters. The molecule has 0 aliphatic heterocycles. The van der Waals surface area contributed by atoms with Gasteiger partial charge in [-0.05, 0) is 61.0 Å². The van der Waals surface area contributed by atoms with Crippen molar-refractivity contribution in [3.8, 4) is 0 Å². The third kappa shape index (κ3) is 4.98. The molecule has 0 aliphatic rings. The van der Waals surface area contributed by atoms with Crippen molar-refractivity contribution in [1.82, 2.24) is 0 Å². The molecular formula is C23H23N3O2. The highest BCUT2D eigenvalue weighted by atomic mass is 16.2. The molecule has 3 rings (SSSR count). The van der Waals surface area contributed by atoms with Crippen LogP contribution in [0.3, 0.4) is 0 Å². The van der Waals surface area contributed by atoms with E-state index in [1.807, 2.05) is 61.5 Å². The first kappa shape index (κ1) is 19.2. The quantitative estimate of drug-likeness (QED) is 0.676. The van der Waals surface area contributed by atoms with Crippen molar-refractivity contribution < 1.29 is 9.59 Å². The summed E-state index contributed by atoms with van der Waals surface area (Å²) in [6.45, 7) is 2.12. The molecule has 0 saturated carbocycles. The maximum Gasteiger partial charge on any atom is 0.258 e. The van der Waals surface area contributed by atoms with E-state index in [-0.39, 0.29) is 18.4 Å². The average Bonchev–Trinajstić information content (AvgIpc) is 2.72. The first-order valence-electron chi connectivity index (χ1n) is 9.06. The van der Waals surface area contributed by atoms with E-state index in [4.69, 9.17) is 0 Å². The van der Waals surface area contributed by atoms with Crippen LogP contribution in [0, 0.1) is 6.92 Å². The Morgan fingerprint density at radius 3 is 2.25 bits per heavy atom. The molecule has 142 valence electrons. The van der Waals surface area contributed by atoms with E-state index in [9.17, 15) is 9.59 Å². The zero-order chi connectivity index (χ0) is 19.9. The topological polar surface area (TPSA) is 61.4 Å². The number of amides is 2. The molecule has 2 amide bonds. The second-order valence-electron chi connectivity index (χ2n) is 6.55. The molecule has 0 saturated heterocycles. The SMILES string of the molecule is Cc1cccc(NC(=O)CNc2ccc(C(=O)N(C)c3ccccc3)cc2)c1. The van der Waals surface area contributed by atoms with Gasteiger partial charge in [0.15, 0.2) is 0 Å². The van der Waals surface area contributed by atoms with Crippen molar-refractivity contribution in [2.75, 3.05) is 29.1 Å². The number of para-hydroxylation sites is 1. The second-order valence-corrected chi connectivity index (χ2v) is 6.55. The fraction of sp³-hybridized carbons (Fsp3) is 0.130. The zero-order valence-corrected chi connectivity index (χ0v) is 16.0. The van der Waals surface area contributed by atoms with E-state index in [0.29, 0.717) is 5.56 Å². The van der Waals surface area contributed by atoms with Gasteiger partial charge in [-0.25, -0.2) is 0 Å². The summed E-state index contributed by atoms with van der Waals surface area (Å²) < 4.78 is 0. The summed E-state index contributed by atoms with van der Waals surface area (Å²) in [5.41, 5.74) is 4.06. The van der Waals surface area contributed by atoms with Crippen LogP contribution < -0.4 is 15.5 Å². The molecule has 0 spiro atoms. The lowest BCUT2D eigenvalue weighted by Gasteiger charge is -2.17. The number of nitrogens with one attached hydrogen (secondary N) is 2. The second kappa shape index (κ2) is 8.86. The van der Waals surface area contributed by atoms with Crippen molar-refractivity contribution in [2.45, 2.75) is 6.92 Å². The Hall–Kier alpha value is -3.60. The molecule has 28 heavy (non-hydrogen) atoms. The zero-order valence-electron chi connectivity index (χ0n) is 16.0. The number of aryl methyl sites for hydroxylation is 1. The van der Waals surface area contributed by atoms with Gasteiger partial charge in [0.05, 0.1) is 6.54 Å². The van der Waals surface area contributed by atoms with Crippen LogP contribution >= 0.6 is 0 Å². The summed E-state index contributed by atoms with van der Waals surface area (Å²) in [6, 6.07) is 24.2. The average molecular weight is 373 g/mol. The third-order valence-corrected chi connectivity index (χ3v) is 4.33. The molecule has 0 bridgehead atoms. The molecule has 0 fully saturated rings. The van der Waals surface area contributed by atoms with Gasteiger partial charge >= 0.3 is 0 Å². The molecule has 3 aromatic carbocycles. The Labute approximate surface area is 165 Å². The highest BCUT2D eigenvalue weighted by Gasteiger charge is 2.13. The summed E-state index contributed by atoms with van der Waals surface area (Å²) in [6.07, 6.45) is 0. The summed E-state index contributed by atoms with van der Waals surface area (Å²) in [5.74, 6) is -0.218. The maximum atomic E-state index is 12.6. The number of rotatable bonds is 6. The number of carbonyl (C=O) groups is 2. The number of nitrogens with zero attached hydrogens (tertiary/aromatic N) is 1. The highest BCUT2D eigenvalue weighted by Crippen LogP contribution is 2.16. The van der Waals surface area contributed by atoms with Crippen LogP contribution in [0.15, 0.2) is 78.9 Å². The van der Waals surface area contributed by atoms with Gasteiger partial charge in [-0.1, -0.05) is 30.3 Å². The molecule has 0 heterocycles. The molecular weight excluding hydrogens is 350 g/mol. The van der Waals surface area contributed by atoms with E-state index in [1.54, 1.807) is 36.2 Å². The number of hydrogen-bond acceptors (Lipinski definition) is 3. The lowest BCUT2D eigenvalue weighted by Crippen LogP contribution is -2.26. The molecule has 5 nitrogen and oxygen atoms in total. The molecule has 0 aromatic heterocycles. The summed E-state index contributed by atoms with van der Waals surface area (Å²) in [5, 5.41) is 5.92. The van der Waals surface area contributed by atoms with Crippen molar-refractivity contribution in [3.63, 3.8) is 0 Å². The van der Waals surface area contributed by atoms with Gasteiger partial charge in [0.2, 0.25) is 5.91 Å². The first-order valence-corrected chi connectivity index (χ1v) is 9.06. The standard InChI is InChI=1S/C23H23N3O2/c1-17-7-6-8-20(15-17)25-22(27)16-24-19-13-11-18(12-14-19)23(28)26(2)21-9-4-3-5-10-21/h3-15,24H,16H2,1-2H3,(H,25,27). The van der Waals surface area contributed by atoms with Crippen LogP contribution in [0.25, 0.3) is 0 Å². The minimum atomic E-state index is -0.130. The van der Waals surface area contributed by atoms with Crippen molar-refractivity contribution >= 4 is 28.9 Å². The lowest BCUT2D eigenvalue weighted by molar-refractivity contribution is -0.114. The highest BCUT2D eigenvalue weighted by molar-refractivity contribution is 6.05. The molecule has 5 heteroatoms. The van der Waals surface area contributed by atoms with Gasteiger partial charge in [-0.2, -0.15) is 0 Å². The normalized spacial score (nSPS) is 10.2. The van der Waals surface area contributed by atoms with Gasteiger partial charge < -0.3 is 15.5 Å². The van der Waals surface area contributed by atoms with Crippen LogP contribution in [-0.4, -0.2) is 25.4 Å². The fourth-order valence-electron chi connectivity index (χ4n) is 2.80. The predicted octanol–water partition coefficient (Wildman–Crippen LogP) is 4.32.